The van der Waals surface area contributed by atoms with Gasteiger partial charge in [0.1, 0.15) is 0 Å². The van der Waals surface area contributed by atoms with Gasteiger partial charge in [0.25, 0.3) is 0 Å². The lowest BCUT2D eigenvalue weighted by molar-refractivity contribution is 0.146. The lowest BCUT2D eigenvalue weighted by Crippen LogP contribution is -2.40. The van der Waals surface area contributed by atoms with E-state index in [0.717, 1.165) is 39.3 Å². The molecule has 1 aliphatic rings. The third-order valence-electron chi connectivity index (χ3n) is 2.60. The summed E-state index contributed by atoms with van der Waals surface area (Å²) < 4.78 is 5.24. The molecule has 0 atom stereocenters. The zero-order chi connectivity index (χ0) is 10.9. The number of hydrogen-bond donors (Lipinski definition) is 1. The number of guanidine groups is 1. The first-order valence-corrected chi connectivity index (χ1v) is 5.97. The highest BCUT2D eigenvalue weighted by Gasteiger charge is 2.11. The van der Waals surface area contributed by atoms with E-state index in [1.807, 2.05) is 6.92 Å². The lowest BCUT2D eigenvalue weighted by Gasteiger charge is -2.27. The van der Waals surface area contributed by atoms with Gasteiger partial charge in [0.15, 0.2) is 5.96 Å². The molecule has 1 saturated heterocycles. The summed E-state index contributed by atoms with van der Waals surface area (Å²) in [6.45, 7) is 6.49. The van der Waals surface area contributed by atoms with E-state index in [0.29, 0.717) is 5.96 Å². The van der Waals surface area contributed by atoms with Gasteiger partial charge in [-0.15, -0.1) is 24.0 Å². The topological polar surface area (TPSA) is 50.9 Å². The fraction of sp³-hybridized carbons (Fsp3) is 0.909. The number of aliphatic imine (C=N–C) groups is 1. The summed E-state index contributed by atoms with van der Waals surface area (Å²) in [5.74, 6) is 0.714. The zero-order valence-electron chi connectivity index (χ0n) is 10.2. The molecule has 0 unspecified atom stereocenters. The van der Waals surface area contributed by atoms with E-state index in [1.165, 1.54) is 19.3 Å². The number of halogens is 1. The molecule has 1 fully saturated rings. The molecule has 4 nitrogen and oxygen atoms in total. The third-order valence-corrected chi connectivity index (χ3v) is 2.60. The number of nitrogens with two attached hydrogens (primary N) is 1. The van der Waals surface area contributed by atoms with Gasteiger partial charge in [-0.25, -0.2) is 0 Å². The second-order valence-electron chi connectivity index (χ2n) is 3.84. The molecule has 0 radical (unpaired) electrons. The summed E-state index contributed by atoms with van der Waals surface area (Å²) in [4.78, 5) is 6.54. The van der Waals surface area contributed by atoms with E-state index < -0.39 is 0 Å². The smallest absolute Gasteiger partial charge is 0.191 e. The van der Waals surface area contributed by atoms with Crippen molar-refractivity contribution in [2.24, 2.45) is 10.7 Å². The van der Waals surface area contributed by atoms with Crippen molar-refractivity contribution in [1.82, 2.24) is 4.90 Å². The van der Waals surface area contributed by atoms with Crippen molar-refractivity contribution in [3.8, 4) is 0 Å². The standard InChI is InChI=1S/C11H23N3O.HI/c1-2-15-10-6-7-13-11(12)14-8-4-3-5-9-14;/h2-10H2,1H3,(H2,12,13);1H. The van der Waals surface area contributed by atoms with Crippen molar-refractivity contribution in [3.63, 3.8) is 0 Å². The van der Waals surface area contributed by atoms with E-state index in [9.17, 15) is 0 Å². The van der Waals surface area contributed by atoms with Crippen LogP contribution in [0.2, 0.25) is 0 Å². The molecule has 0 spiro atoms. The van der Waals surface area contributed by atoms with Crippen LogP contribution in [0.4, 0.5) is 0 Å². The molecule has 0 aliphatic carbocycles. The average Bonchev–Trinajstić information content (AvgIpc) is 2.30. The van der Waals surface area contributed by atoms with Crippen molar-refractivity contribution in [2.45, 2.75) is 32.6 Å². The van der Waals surface area contributed by atoms with E-state index in [-0.39, 0.29) is 24.0 Å². The van der Waals surface area contributed by atoms with Gasteiger partial charge in [-0.1, -0.05) is 0 Å². The Morgan fingerprint density at radius 1 is 1.31 bits per heavy atom. The molecule has 0 amide bonds. The number of likely N-dealkylation sites (tertiary alicyclic amines) is 1. The maximum atomic E-state index is 5.90. The van der Waals surface area contributed by atoms with Gasteiger partial charge < -0.3 is 15.4 Å². The van der Waals surface area contributed by atoms with Crippen LogP contribution in [0.25, 0.3) is 0 Å². The molecule has 0 aromatic carbocycles. The first-order valence-electron chi connectivity index (χ1n) is 5.97. The number of nitrogens with zero attached hydrogens (tertiary/aromatic N) is 2. The van der Waals surface area contributed by atoms with Crippen LogP contribution < -0.4 is 5.73 Å². The Kier molecular flexibility index (Phi) is 10.1. The van der Waals surface area contributed by atoms with Crippen molar-refractivity contribution in [3.05, 3.63) is 0 Å². The molecule has 0 bridgehead atoms. The van der Waals surface area contributed by atoms with E-state index in [2.05, 4.69) is 9.89 Å². The maximum Gasteiger partial charge on any atom is 0.191 e. The van der Waals surface area contributed by atoms with E-state index in [1.54, 1.807) is 0 Å². The predicted molar refractivity (Wildman–Crippen MR) is 78.4 cm³/mol. The molecule has 1 rings (SSSR count). The Morgan fingerprint density at radius 3 is 2.62 bits per heavy atom. The van der Waals surface area contributed by atoms with Gasteiger partial charge >= 0.3 is 0 Å². The van der Waals surface area contributed by atoms with Crippen LogP contribution in [0.5, 0.6) is 0 Å². The fourth-order valence-corrected chi connectivity index (χ4v) is 1.73. The molecular formula is C11H24IN3O. The molecule has 0 saturated carbocycles. The second-order valence-corrected chi connectivity index (χ2v) is 3.84. The van der Waals surface area contributed by atoms with Gasteiger partial charge in [0, 0.05) is 32.8 Å². The molecule has 2 N–H and O–H groups in total. The van der Waals surface area contributed by atoms with E-state index in [4.69, 9.17) is 10.5 Å². The molecule has 1 heterocycles. The SMILES string of the molecule is CCOCCCN=C(N)N1CCCCC1.I. The summed E-state index contributed by atoms with van der Waals surface area (Å²) in [6, 6.07) is 0. The summed E-state index contributed by atoms with van der Waals surface area (Å²) in [5.41, 5.74) is 5.90. The second kappa shape index (κ2) is 10.1. The highest BCUT2D eigenvalue weighted by molar-refractivity contribution is 14.0. The van der Waals surface area contributed by atoms with Gasteiger partial charge in [-0.2, -0.15) is 0 Å². The first-order chi connectivity index (χ1) is 7.34. The third kappa shape index (κ3) is 6.52. The molecule has 0 aromatic heterocycles. The van der Waals surface area contributed by atoms with E-state index >= 15 is 0 Å². The molecule has 0 aromatic rings. The average molecular weight is 341 g/mol. The Labute approximate surface area is 116 Å². The molecule has 5 heteroatoms. The summed E-state index contributed by atoms with van der Waals surface area (Å²) >= 11 is 0. The van der Waals surface area contributed by atoms with Gasteiger partial charge in [-0.3, -0.25) is 4.99 Å². The van der Waals surface area contributed by atoms with Gasteiger partial charge in [0.2, 0.25) is 0 Å². The molecular weight excluding hydrogens is 317 g/mol. The molecule has 16 heavy (non-hydrogen) atoms. The van der Waals surface area contributed by atoms with Crippen molar-refractivity contribution in [2.75, 3.05) is 32.8 Å². The fourth-order valence-electron chi connectivity index (χ4n) is 1.73. The van der Waals surface area contributed by atoms with Crippen LogP contribution >= 0.6 is 24.0 Å². The largest absolute Gasteiger partial charge is 0.382 e. The van der Waals surface area contributed by atoms with Crippen molar-refractivity contribution in [1.29, 1.82) is 0 Å². The van der Waals surface area contributed by atoms with Gasteiger partial charge in [-0.05, 0) is 32.6 Å². The minimum absolute atomic E-state index is 0. The van der Waals surface area contributed by atoms with Crippen LogP contribution in [-0.2, 0) is 4.74 Å². The maximum absolute atomic E-state index is 5.90. The van der Waals surface area contributed by atoms with Crippen LogP contribution in [-0.4, -0.2) is 43.7 Å². The predicted octanol–water partition coefficient (Wildman–Crippen LogP) is 1.83. The number of piperidine rings is 1. The molecule has 96 valence electrons. The highest BCUT2D eigenvalue weighted by Crippen LogP contribution is 2.07. The Hall–Kier alpha value is -0.0400. The number of rotatable bonds is 5. The monoisotopic (exact) mass is 341 g/mol. The Bertz CT molecular complexity index is 194. The van der Waals surface area contributed by atoms with Crippen LogP contribution in [0.3, 0.4) is 0 Å². The summed E-state index contributed by atoms with van der Waals surface area (Å²) in [5, 5.41) is 0. The van der Waals surface area contributed by atoms with Crippen LogP contribution in [0.1, 0.15) is 32.6 Å². The van der Waals surface area contributed by atoms with Crippen LogP contribution in [0, 0.1) is 0 Å². The Balaban J connectivity index is 0.00000225. The first kappa shape index (κ1) is 16.0. The molecule has 1 aliphatic heterocycles. The van der Waals surface area contributed by atoms with Crippen molar-refractivity contribution >= 4 is 29.9 Å². The lowest BCUT2D eigenvalue weighted by atomic mass is 10.1. The minimum atomic E-state index is 0. The summed E-state index contributed by atoms with van der Waals surface area (Å²) in [6.07, 6.45) is 4.78. The number of hydrogen-bond acceptors (Lipinski definition) is 2. The quantitative estimate of drug-likeness (QED) is 0.359. The van der Waals surface area contributed by atoms with Gasteiger partial charge in [0.05, 0.1) is 0 Å². The normalized spacial score (nSPS) is 17.1. The zero-order valence-corrected chi connectivity index (χ0v) is 12.5. The highest BCUT2D eigenvalue weighted by atomic mass is 127. The minimum Gasteiger partial charge on any atom is -0.382 e. The van der Waals surface area contributed by atoms with Crippen molar-refractivity contribution < 1.29 is 4.74 Å². The van der Waals surface area contributed by atoms with Crippen LogP contribution in [0.15, 0.2) is 4.99 Å². The number of ether oxygens (including phenoxy) is 1. The summed E-state index contributed by atoms with van der Waals surface area (Å²) in [7, 11) is 0. The Morgan fingerprint density at radius 2 is 2.00 bits per heavy atom.